The Morgan fingerprint density at radius 1 is 1.14 bits per heavy atom. The lowest BCUT2D eigenvalue weighted by Gasteiger charge is -2.03. The maximum atomic E-state index is 4.20. The zero-order chi connectivity index (χ0) is 14.7. The third-order valence-electron chi connectivity index (χ3n) is 3.87. The molecule has 0 fully saturated rings. The maximum Gasteiger partial charge on any atom is 0.0655 e. The van der Waals surface area contributed by atoms with Gasteiger partial charge in [-0.25, -0.2) is 0 Å². The number of benzene rings is 2. The summed E-state index contributed by atoms with van der Waals surface area (Å²) in [5, 5.41) is 2.50. The average molecular weight is 276 g/mol. The van der Waals surface area contributed by atoms with Crippen molar-refractivity contribution in [3.8, 4) is 0 Å². The highest BCUT2D eigenvalue weighted by molar-refractivity contribution is 6.08. The summed E-state index contributed by atoms with van der Waals surface area (Å²) >= 11 is 0. The highest BCUT2D eigenvalue weighted by Crippen LogP contribution is 2.28. The number of aromatic amines is 1. The van der Waals surface area contributed by atoms with E-state index in [-0.39, 0.29) is 0 Å². The van der Waals surface area contributed by atoms with Crippen LogP contribution in [-0.4, -0.2) is 11.7 Å². The predicted molar refractivity (Wildman–Crippen MR) is 92.9 cm³/mol. The van der Waals surface area contributed by atoms with Gasteiger partial charge in [0.05, 0.1) is 5.70 Å². The molecular weight excluding hydrogens is 256 g/mol. The molecular formula is C19H20N2. The number of hydrogen-bond donors (Lipinski definition) is 1. The van der Waals surface area contributed by atoms with Gasteiger partial charge >= 0.3 is 0 Å². The molecule has 1 heterocycles. The van der Waals surface area contributed by atoms with Crippen molar-refractivity contribution in [1.82, 2.24) is 4.98 Å². The predicted octanol–water partition coefficient (Wildman–Crippen LogP) is 5.55. The smallest absolute Gasteiger partial charge is 0.0655 e. The van der Waals surface area contributed by atoms with Crippen LogP contribution in [0.1, 0.15) is 31.7 Å². The summed E-state index contributed by atoms with van der Waals surface area (Å²) in [4.78, 5) is 7.65. The Balaban J connectivity index is 2.09. The lowest BCUT2D eigenvalue weighted by Crippen LogP contribution is -1.82. The number of allylic oxidation sites excluding steroid dienone is 1. The second kappa shape index (κ2) is 5.96. The lowest BCUT2D eigenvalue weighted by molar-refractivity contribution is 0.815. The molecule has 2 heteroatoms. The van der Waals surface area contributed by atoms with Crippen molar-refractivity contribution in [2.45, 2.75) is 26.2 Å². The third kappa shape index (κ3) is 2.62. The van der Waals surface area contributed by atoms with Gasteiger partial charge < -0.3 is 4.98 Å². The van der Waals surface area contributed by atoms with Crippen LogP contribution >= 0.6 is 0 Å². The van der Waals surface area contributed by atoms with E-state index in [1.165, 1.54) is 29.1 Å². The summed E-state index contributed by atoms with van der Waals surface area (Å²) in [6.45, 7) is 5.92. The molecule has 2 nitrogen and oxygen atoms in total. The molecule has 0 radical (unpaired) electrons. The summed E-state index contributed by atoms with van der Waals surface area (Å²) in [7, 11) is 0. The molecule has 0 saturated heterocycles. The molecule has 1 aromatic heterocycles. The fourth-order valence-electron chi connectivity index (χ4n) is 2.72. The van der Waals surface area contributed by atoms with Crippen molar-refractivity contribution in [2.24, 2.45) is 4.99 Å². The third-order valence-corrected chi connectivity index (χ3v) is 3.87. The molecule has 0 atom stereocenters. The second-order valence-electron chi connectivity index (χ2n) is 5.32. The minimum atomic E-state index is 0.982. The van der Waals surface area contributed by atoms with E-state index in [9.17, 15) is 0 Å². The van der Waals surface area contributed by atoms with Gasteiger partial charge in [-0.3, -0.25) is 4.99 Å². The van der Waals surface area contributed by atoms with E-state index in [0.29, 0.717) is 0 Å². The van der Waals surface area contributed by atoms with Gasteiger partial charge in [-0.1, -0.05) is 43.7 Å². The van der Waals surface area contributed by atoms with Crippen molar-refractivity contribution in [2.75, 3.05) is 0 Å². The first-order valence-corrected chi connectivity index (χ1v) is 7.51. The van der Waals surface area contributed by atoms with Gasteiger partial charge in [-0.05, 0) is 37.8 Å². The van der Waals surface area contributed by atoms with Crippen LogP contribution in [0.15, 0.2) is 53.5 Å². The van der Waals surface area contributed by atoms with Crippen LogP contribution in [0.3, 0.4) is 0 Å². The van der Waals surface area contributed by atoms with Gasteiger partial charge in [0.1, 0.15) is 0 Å². The Kier molecular flexibility index (Phi) is 3.87. The number of para-hydroxylation sites is 1. The fraction of sp³-hybridized carbons (Fsp3) is 0.211. The van der Waals surface area contributed by atoms with Crippen LogP contribution in [0.25, 0.3) is 27.5 Å². The largest absolute Gasteiger partial charge is 0.355 e. The molecule has 1 N–H and O–H groups in total. The van der Waals surface area contributed by atoms with E-state index in [1.54, 1.807) is 0 Å². The monoisotopic (exact) mass is 276 g/mol. The number of unbranched alkanes of at least 4 members (excludes halogenated alkanes) is 2. The molecule has 0 saturated carbocycles. The standard InChI is InChI=1S/C19H20N2/c1-3-4-5-9-17(20-2)14-11-12-19-16(13-14)15-8-6-7-10-18(15)21-19/h6-13,21H,2-5H2,1H3/b17-9-. The molecule has 2 aromatic carbocycles. The van der Waals surface area contributed by atoms with E-state index in [1.807, 2.05) is 0 Å². The van der Waals surface area contributed by atoms with Gasteiger partial charge in [-0.15, -0.1) is 0 Å². The quantitative estimate of drug-likeness (QED) is 0.467. The molecule has 0 amide bonds. The molecule has 0 aliphatic carbocycles. The Morgan fingerprint density at radius 2 is 1.95 bits per heavy atom. The number of hydrogen-bond acceptors (Lipinski definition) is 1. The Bertz CT molecular complexity index is 809. The van der Waals surface area contributed by atoms with E-state index < -0.39 is 0 Å². The topological polar surface area (TPSA) is 28.1 Å². The highest BCUT2D eigenvalue weighted by Gasteiger charge is 2.06. The first-order valence-electron chi connectivity index (χ1n) is 7.51. The van der Waals surface area contributed by atoms with Crippen molar-refractivity contribution >= 4 is 34.2 Å². The van der Waals surface area contributed by atoms with Crippen molar-refractivity contribution in [3.63, 3.8) is 0 Å². The van der Waals surface area contributed by atoms with Crippen molar-refractivity contribution in [1.29, 1.82) is 0 Å². The summed E-state index contributed by atoms with van der Waals surface area (Å²) in [5.74, 6) is 0. The molecule has 0 spiro atoms. The number of nitrogens with one attached hydrogen (secondary N) is 1. The molecule has 0 unspecified atom stereocenters. The summed E-state index contributed by atoms with van der Waals surface area (Å²) in [5.41, 5.74) is 4.46. The number of rotatable bonds is 5. The summed E-state index contributed by atoms with van der Waals surface area (Å²) in [6, 6.07) is 14.8. The lowest BCUT2D eigenvalue weighted by atomic mass is 10.1. The van der Waals surface area contributed by atoms with Gasteiger partial charge in [0.15, 0.2) is 0 Å². The van der Waals surface area contributed by atoms with Crippen LogP contribution in [0, 0.1) is 0 Å². The fourth-order valence-corrected chi connectivity index (χ4v) is 2.72. The SMILES string of the molecule is C=N/C(=C\CCCC)c1ccc2[nH]c3ccccc3c2c1. The molecule has 0 aliphatic rings. The van der Waals surface area contributed by atoms with E-state index in [2.05, 4.69) is 72.2 Å². The van der Waals surface area contributed by atoms with E-state index in [4.69, 9.17) is 0 Å². The van der Waals surface area contributed by atoms with Crippen LogP contribution in [-0.2, 0) is 0 Å². The first kappa shape index (κ1) is 13.6. The van der Waals surface area contributed by atoms with Crippen molar-refractivity contribution < 1.29 is 0 Å². The van der Waals surface area contributed by atoms with Gasteiger partial charge in [0.2, 0.25) is 0 Å². The number of aliphatic imine (C=N–C) groups is 1. The Labute approximate surface area is 125 Å². The minimum absolute atomic E-state index is 0.982. The maximum absolute atomic E-state index is 4.20. The molecule has 0 bridgehead atoms. The molecule has 106 valence electrons. The van der Waals surface area contributed by atoms with E-state index >= 15 is 0 Å². The zero-order valence-corrected chi connectivity index (χ0v) is 12.4. The van der Waals surface area contributed by atoms with Crippen LogP contribution in [0.4, 0.5) is 0 Å². The number of fused-ring (bicyclic) bond motifs is 3. The number of aromatic nitrogens is 1. The number of H-pyrrole nitrogens is 1. The zero-order valence-electron chi connectivity index (χ0n) is 12.4. The molecule has 0 aliphatic heterocycles. The minimum Gasteiger partial charge on any atom is -0.355 e. The highest BCUT2D eigenvalue weighted by atomic mass is 14.7. The molecule has 21 heavy (non-hydrogen) atoms. The normalized spacial score (nSPS) is 12.1. The average Bonchev–Trinajstić information content (AvgIpc) is 2.89. The van der Waals surface area contributed by atoms with Gasteiger partial charge in [0, 0.05) is 27.4 Å². The van der Waals surface area contributed by atoms with E-state index in [0.717, 1.165) is 23.2 Å². The Hall–Kier alpha value is -2.35. The Morgan fingerprint density at radius 3 is 2.76 bits per heavy atom. The second-order valence-corrected chi connectivity index (χ2v) is 5.32. The molecule has 3 aromatic rings. The van der Waals surface area contributed by atoms with Crippen molar-refractivity contribution in [3.05, 3.63) is 54.1 Å². The summed E-state index contributed by atoms with van der Waals surface area (Å²) in [6.07, 6.45) is 5.63. The van der Waals surface area contributed by atoms with Crippen LogP contribution in [0.5, 0.6) is 0 Å². The van der Waals surface area contributed by atoms with Crippen LogP contribution < -0.4 is 0 Å². The molecule has 3 rings (SSSR count). The van der Waals surface area contributed by atoms with Crippen LogP contribution in [0.2, 0.25) is 0 Å². The van der Waals surface area contributed by atoms with Gasteiger partial charge in [0.25, 0.3) is 0 Å². The first-order chi connectivity index (χ1) is 10.3. The number of nitrogens with zero attached hydrogens (tertiary/aromatic N) is 1. The van der Waals surface area contributed by atoms with Gasteiger partial charge in [-0.2, -0.15) is 0 Å². The summed E-state index contributed by atoms with van der Waals surface area (Å²) < 4.78 is 0.